The van der Waals surface area contributed by atoms with Crippen LogP contribution in [-0.2, 0) is 9.59 Å². The van der Waals surface area contributed by atoms with E-state index in [0.29, 0.717) is 36.4 Å². The average molecular weight is 443 g/mol. The Morgan fingerprint density at radius 1 is 1.16 bits per heavy atom. The van der Waals surface area contributed by atoms with Crippen molar-refractivity contribution in [3.05, 3.63) is 29.8 Å². The number of hydrogen-bond acceptors (Lipinski definition) is 6. The summed E-state index contributed by atoms with van der Waals surface area (Å²) in [5, 5.41) is 16.2. The van der Waals surface area contributed by atoms with E-state index in [2.05, 4.69) is 15.5 Å². The number of carbonyl (C=O) groups excluding carboxylic acids is 3. The van der Waals surface area contributed by atoms with Crippen molar-refractivity contribution in [1.82, 2.24) is 15.5 Å². The number of anilines is 1. The van der Waals surface area contributed by atoms with Crippen LogP contribution in [0.5, 0.6) is 0 Å². The number of fused-ring (bicyclic) bond motifs is 3. The molecule has 2 fully saturated rings. The SMILES string of the molecule is CNCC(O)CN1[C@@H]2CC[C@H]1C[C@H](NC(=O)C1C(=O)c3ccccc3N(C(C)C)C1=O)C2. The molecule has 3 N–H and O–H groups in total. The highest BCUT2D eigenvalue weighted by Gasteiger charge is 2.47. The third-order valence-electron chi connectivity index (χ3n) is 7.05. The van der Waals surface area contributed by atoms with Crippen LogP contribution >= 0.6 is 0 Å². The minimum atomic E-state index is -1.33. The summed E-state index contributed by atoms with van der Waals surface area (Å²) in [5.41, 5.74) is 1.00. The minimum absolute atomic E-state index is 0.0667. The van der Waals surface area contributed by atoms with Crippen molar-refractivity contribution in [3.8, 4) is 0 Å². The molecule has 1 aromatic carbocycles. The number of para-hydroxylation sites is 1. The van der Waals surface area contributed by atoms with Gasteiger partial charge in [0, 0.05) is 42.8 Å². The highest BCUT2D eigenvalue weighted by molar-refractivity contribution is 6.31. The van der Waals surface area contributed by atoms with Crippen molar-refractivity contribution in [1.29, 1.82) is 0 Å². The van der Waals surface area contributed by atoms with E-state index in [1.807, 2.05) is 20.9 Å². The lowest BCUT2D eigenvalue weighted by Gasteiger charge is -2.41. The number of rotatable bonds is 7. The van der Waals surface area contributed by atoms with Gasteiger partial charge in [-0.2, -0.15) is 0 Å². The molecule has 2 unspecified atom stereocenters. The molecule has 32 heavy (non-hydrogen) atoms. The molecule has 0 aliphatic carbocycles. The molecule has 3 heterocycles. The highest BCUT2D eigenvalue weighted by atomic mass is 16.3. The minimum Gasteiger partial charge on any atom is -0.390 e. The maximum atomic E-state index is 13.2. The molecule has 3 aliphatic rings. The van der Waals surface area contributed by atoms with Crippen LogP contribution in [0.25, 0.3) is 0 Å². The lowest BCUT2D eigenvalue weighted by Crippen LogP contribution is -2.57. The van der Waals surface area contributed by atoms with Crippen molar-refractivity contribution in [2.75, 3.05) is 25.0 Å². The van der Waals surface area contributed by atoms with Crippen LogP contribution in [-0.4, -0.2) is 78.0 Å². The van der Waals surface area contributed by atoms with Gasteiger partial charge in [-0.25, -0.2) is 0 Å². The van der Waals surface area contributed by atoms with Gasteiger partial charge >= 0.3 is 0 Å². The summed E-state index contributed by atoms with van der Waals surface area (Å²) in [4.78, 5) is 43.4. The number of carbonyl (C=O) groups is 3. The second kappa shape index (κ2) is 9.29. The quantitative estimate of drug-likeness (QED) is 0.543. The molecule has 8 heteroatoms. The van der Waals surface area contributed by atoms with Gasteiger partial charge in [-0.1, -0.05) is 12.1 Å². The summed E-state index contributed by atoms with van der Waals surface area (Å²) in [6.07, 6.45) is 3.20. The molecule has 1 aromatic rings. The van der Waals surface area contributed by atoms with Crippen molar-refractivity contribution in [2.24, 2.45) is 5.92 Å². The van der Waals surface area contributed by atoms with Gasteiger partial charge in [0.2, 0.25) is 11.8 Å². The summed E-state index contributed by atoms with van der Waals surface area (Å²) >= 11 is 0. The zero-order valence-corrected chi connectivity index (χ0v) is 19.1. The fourth-order valence-electron chi connectivity index (χ4n) is 5.70. The van der Waals surface area contributed by atoms with E-state index >= 15 is 0 Å². The number of benzene rings is 1. The van der Waals surface area contributed by atoms with Crippen LogP contribution in [0, 0.1) is 5.92 Å². The second-order valence-corrected chi connectivity index (χ2v) is 9.59. The molecule has 5 atom stereocenters. The van der Waals surface area contributed by atoms with Crippen LogP contribution in [0.15, 0.2) is 24.3 Å². The Hall–Kier alpha value is -2.29. The van der Waals surface area contributed by atoms with Gasteiger partial charge in [0.1, 0.15) is 0 Å². The average Bonchev–Trinajstić information content (AvgIpc) is 2.96. The number of amides is 2. The number of nitrogens with zero attached hydrogens (tertiary/aromatic N) is 2. The van der Waals surface area contributed by atoms with Gasteiger partial charge in [-0.15, -0.1) is 0 Å². The molecular weight excluding hydrogens is 408 g/mol. The maximum Gasteiger partial charge on any atom is 0.247 e. The van der Waals surface area contributed by atoms with E-state index < -0.39 is 29.6 Å². The first-order valence-corrected chi connectivity index (χ1v) is 11.7. The Bertz CT molecular complexity index is 875. The van der Waals surface area contributed by atoms with Gasteiger partial charge in [-0.05, 0) is 58.7 Å². The molecule has 8 nitrogen and oxygen atoms in total. The number of aliphatic hydroxyl groups excluding tert-OH is 1. The van der Waals surface area contributed by atoms with E-state index in [1.165, 1.54) is 0 Å². The molecule has 0 saturated carbocycles. The number of likely N-dealkylation sites (N-methyl/N-ethyl adjacent to an activating group) is 1. The van der Waals surface area contributed by atoms with E-state index in [0.717, 1.165) is 25.7 Å². The zero-order valence-electron chi connectivity index (χ0n) is 19.1. The van der Waals surface area contributed by atoms with E-state index in [4.69, 9.17) is 0 Å². The van der Waals surface area contributed by atoms with Crippen LogP contribution in [0.2, 0.25) is 0 Å². The van der Waals surface area contributed by atoms with Crippen molar-refractivity contribution in [3.63, 3.8) is 0 Å². The molecule has 0 spiro atoms. The number of aliphatic hydroxyl groups is 1. The predicted octanol–water partition coefficient (Wildman–Crippen LogP) is 0.932. The van der Waals surface area contributed by atoms with Crippen LogP contribution in [0.4, 0.5) is 5.69 Å². The Morgan fingerprint density at radius 3 is 2.44 bits per heavy atom. The zero-order chi connectivity index (χ0) is 23.0. The topological polar surface area (TPSA) is 102 Å². The van der Waals surface area contributed by atoms with Gasteiger partial charge in [-0.3, -0.25) is 19.3 Å². The number of Topliss-reactive ketones (excluding diaryl/α,β-unsaturated/α-hetero) is 1. The molecule has 2 bridgehead atoms. The van der Waals surface area contributed by atoms with Crippen molar-refractivity contribution < 1.29 is 19.5 Å². The van der Waals surface area contributed by atoms with E-state index in [9.17, 15) is 19.5 Å². The fourth-order valence-corrected chi connectivity index (χ4v) is 5.70. The van der Waals surface area contributed by atoms with Gasteiger partial charge in [0.05, 0.1) is 11.8 Å². The van der Waals surface area contributed by atoms with Crippen molar-refractivity contribution in [2.45, 2.75) is 69.8 Å². The summed E-state index contributed by atoms with van der Waals surface area (Å²) < 4.78 is 0. The Morgan fingerprint density at radius 2 is 1.81 bits per heavy atom. The largest absolute Gasteiger partial charge is 0.390 e. The molecule has 0 aromatic heterocycles. The summed E-state index contributed by atoms with van der Waals surface area (Å²) in [7, 11) is 1.83. The summed E-state index contributed by atoms with van der Waals surface area (Å²) in [6.45, 7) is 4.94. The monoisotopic (exact) mass is 442 g/mol. The molecule has 2 saturated heterocycles. The number of nitrogens with one attached hydrogen (secondary N) is 2. The molecular formula is C24H34N4O4. The fraction of sp³-hybridized carbons (Fsp3) is 0.625. The Balaban J connectivity index is 1.46. The second-order valence-electron chi connectivity index (χ2n) is 9.59. The normalized spacial score (nSPS) is 28.7. The number of ketones is 1. The lowest BCUT2D eigenvalue weighted by molar-refractivity contribution is -0.132. The van der Waals surface area contributed by atoms with Gasteiger partial charge < -0.3 is 20.6 Å². The predicted molar refractivity (Wildman–Crippen MR) is 121 cm³/mol. The Labute approximate surface area is 189 Å². The summed E-state index contributed by atoms with van der Waals surface area (Å²) in [6, 6.07) is 7.39. The standard InChI is InChI=1S/C24H34N4O4/c1-14(2)28-20-7-5-4-6-19(20)22(30)21(24(28)32)23(31)26-15-10-16-8-9-17(11-15)27(16)13-18(29)12-25-3/h4-7,14-18,21,25,29H,8-13H2,1-3H3,(H,26,31)/t15-,16-,17+,18?,21?. The van der Waals surface area contributed by atoms with Gasteiger partial charge in [0.25, 0.3) is 0 Å². The first-order valence-electron chi connectivity index (χ1n) is 11.7. The first kappa shape index (κ1) is 22.9. The number of piperidine rings is 1. The van der Waals surface area contributed by atoms with Crippen LogP contribution in [0.1, 0.15) is 49.9 Å². The third kappa shape index (κ3) is 4.19. The van der Waals surface area contributed by atoms with E-state index in [-0.39, 0.29) is 12.1 Å². The number of hydrogen-bond donors (Lipinski definition) is 3. The molecule has 174 valence electrons. The van der Waals surface area contributed by atoms with Crippen LogP contribution in [0.3, 0.4) is 0 Å². The molecule has 2 amide bonds. The molecule has 4 rings (SSSR count). The van der Waals surface area contributed by atoms with Crippen LogP contribution < -0.4 is 15.5 Å². The van der Waals surface area contributed by atoms with Crippen molar-refractivity contribution >= 4 is 23.3 Å². The van der Waals surface area contributed by atoms with Gasteiger partial charge in [0.15, 0.2) is 11.7 Å². The first-order chi connectivity index (χ1) is 15.3. The molecule has 3 aliphatic heterocycles. The highest BCUT2D eigenvalue weighted by Crippen LogP contribution is 2.37. The molecule has 0 radical (unpaired) electrons. The lowest BCUT2D eigenvalue weighted by atomic mass is 9.88. The third-order valence-corrected chi connectivity index (χ3v) is 7.05. The Kier molecular flexibility index (Phi) is 6.65. The van der Waals surface area contributed by atoms with E-state index in [1.54, 1.807) is 29.2 Å². The smallest absolute Gasteiger partial charge is 0.247 e. The summed E-state index contributed by atoms with van der Waals surface area (Å²) in [5.74, 6) is -2.69. The maximum absolute atomic E-state index is 13.2.